The van der Waals surface area contributed by atoms with Crippen LogP contribution in [-0.4, -0.2) is 43.3 Å². The second-order valence-electron chi connectivity index (χ2n) is 12.0. The second kappa shape index (κ2) is 14.9. The highest BCUT2D eigenvalue weighted by Crippen LogP contribution is 2.28. The number of anilines is 1. The first-order chi connectivity index (χ1) is 21.6. The summed E-state index contributed by atoms with van der Waals surface area (Å²) in [5.41, 5.74) is 1.86. The molecule has 4 aromatic carbocycles. The summed E-state index contributed by atoms with van der Waals surface area (Å²) in [6.07, 6.45) is 0.175. The van der Waals surface area contributed by atoms with E-state index in [1.165, 1.54) is 29.2 Å². The summed E-state index contributed by atoms with van der Waals surface area (Å²) in [6, 6.07) is 25.8. The summed E-state index contributed by atoms with van der Waals surface area (Å²) in [7, 11) is -4.25. The fourth-order valence-electron chi connectivity index (χ4n) is 4.89. The minimum Gasteiger partial charge on any atom is -0.350 e. The first-order valence-corrected chi connectivity index (χ1v) is 17.2. The number of halogens is 3. The molecule has 1 unspecified atom stereocenters. The van der Waals surface area contributed by atoms with Crippen molar-refractivity contribution in [1.82, 2.24) is 10.2 Å². The molecule has 4 aromatic rings. The Kier molecular flexibility index (Phi) is 11.4. The van der Waals surface area contributed by atoms with Crippen molar-refractivity contribution in [3.8, 4) is 0 Å². The van der Waals surface area contributed by atoms with Crippen molar-refractivity contribution < 1.29 is 18.0 Å². The lowest BCUT2D eigenvalue weighted by molar-refractivity contribution is -0.140. The summed E-state index contributed by atoms with van der Waals surface area (Å²) in [4.78, 5) is 29.9. The fourth-order valence-corrected chi connectivity index (χ4v) is 6.89. The molecule has 242 valence electrons. The Labute approximate surface area is 286 Å². The highest BCUT2D eigenvalue weighted by molar-refractivity contribution is 7.92. The van der Waals surface area contributed by atoms with Gasteiger partial charge in [0.05, 0.1) is 10.6 Å². The zero-order valence-corrected chi connectivity index (χ0v) is 29.1. The molecule has 7 nitrogen and oxygen atoms in total. The van der Waals surface area contributed by atoms with Crippen molar-refractivity contribution in [1.29, 1.82) is 0 Å². The Morgan fingerprint density at radius 3 is 2.09 bits per heavy atom. The minimum atomic E-state index is -4.25. The van der Waals surface area contributed by atoms with Gasteiger partial charge in [0, 0.05) is 33.6 Å². The topological polar surface area (TPSA) is 86.8 Å². The number of nitrogens with one attached hydrogen (secondary N) is 1. The van der Waals surface area contributed by atoms with Gasteiger partial charge in [-0.1, -0.05) is 83.3 Å². The lowest BCUT2D eigenvalue weighted by Crippen LogP contribution is -2.56. The van der Waals surface area contributed by atoms with Crippen LogP contribution in [0.25, 0.3) is 0 Å². The maximum Gasteiger partial charge on any atom is 0.264 e. The van der Waals surface area contributed by atoms with Gasteiger partial charge in [-0.2, -0.15) is 0 Å². The summed E-state index contributed by atoms with van der Waals surface area (Å²) in [5.74, 6) is -0.993. The quantitative estimate of drug-likeness (QED) is 0.174. The Bertz CT molecular complexity index is 1790. The van der Waals surface area contributed by atoms with Gasteiger partial charge in [-0.05, 0) is 92.9 Å². The Hall–Kier alpha value is -3.56. The van der Waals surface area contributed by atoms with Gasteiger partial charge in [0.15, 0.2) is 0 Å². The summed E-state index contributed by atoms with van der Waals surface area (Å²) in [6.45, 7) is 6.72. The number of hydrogen-bond donors (Lipinski definition) is 1. The highest BCUT2D eigenvalue weighted by atomic mass is 35.5. The normalized spacial score (nSPS) is 12.3. The number of nitrogens with zero attached hydrogens (tertiary/aromatic N) is 2. The van der Waals surface area contributed by atoms with Crippen molar-refractivity contribution in [3.63, 3.8) is 0 Å². The molecule has 0 fully saturated rings. The van der Waals surface area contributed by atoms with Gasteiger partial charge in [0.2, 0.25) is 11.8 Å². The van der Waals surface area contributed by atoms with Crippen LogP contribution in [0.4, 0.5) is 5.69 Å². The van der Waals surface area contributed by atoms with Gasteiger partial charge in [0.25, 0.3) is 10.0 Å². The predicted molar refractivity (Wildman–Crippen MR) is 186 cm³/mol. The second-order valence-corrected chi connectivity index (χ2v) is 15.1. The molecule has 0 aliphatic heterocycles. The number of amides is 2. The first kappa shape index (κ1) is 35.3. The van der Waals surface area contributed by atoms with E-state index < -0.39 is 40.0 Å². The first-order valence-electron chi connectivity index (χ1n) is 14.6. The third-order valence-corrected chi connectivity index (χ3v) is 9.72. The van der Waals surface area contributed by atoms with Crippen LogP contribution in [0.5, 0.6) is 0 Å². The van der Waals surface area contributed by atoms with Crippen LogP contribution in [0, 0.1) is 6.92 Å². The number of sulfonamides is 1. The minimum absolute atomic E-state index is 0.0372. The van der Waals surface area contributed by atoms with E-state index in [1.807, 2.05) is 64.1 Å². The molecule has 1 atom stereocenters. The summed E-state index contributed by atoms with van der Waals surface area (Å²) < 4.78 is 29.3. The molecule has 2 amide bonds. The molecule has 0 heterocycles. The van der Waals surface area contributed by atoms with Gasteiger partial charge < -0.3 is 10.2 Å². The summed E-state index contributed by atoms with van der Waals surface area (Å²) in [5, 5.41) is 4.10. The molecule has 0 aromatic heterocycles. The molecular weight excluding hydrogens is 665 g/mol. The zero-order valence-electron chi connectivity index (χ0n) is 26.0. The van der Waals surface area contributed by atoms with Crippen LogP contribution in [0.15, 0.2) is 102 Å². The molecule has 0 spiro atoms. The van der Waals surface area contributed by atoms with E-state index in [4.69, 9.17) is 34.8 Å². The number of aryl methyl sites for hydroxylation is 1. The predicted octanol–water partition coefficient (Wildman–Crippen LogP) is 7.71. The lowest BCUT2D eigenvalue weighted by atomic mass is 10.0. The zero-order chi connectivity index (χ0) is 33.6. The molecule has 0 aliphatic carbocycles. The SMILES string of the molecule is Cc1cccc(N(CC(=O)N(Cc2ccc(Cl)cc2Cl)C(Cc2ccccc2)C(=O)NC(C)(C)C)S(=O)(=O)c2ccc(Cl)cc2)c1. The van der Waals surface area contributed by atoms with Crippen molar-refractivity contribution in [3.05, 3.63) is 129 Å². The van der Waals surface area contributed by atoms with E-state index in [1.54, 1.807) is 36.4 Å². The van der Waals surface area contributed by atoms with Gasteiger partial charge >= 0.3 is 0 Å². The van der Waals surface area contributed by atoms with Crippen LogP contribution in [0.1, 0.15) is 37.5 Å². The lowest BCUT2D eigenvalue weighted by Gasteiger charge is -2.35. The molecule has 4 rings (SSSR count). The number of carbonyl (C=O) groups is 2. The van der Waals surface area contributed by atoms with E-state index in [0.29, 0.717) is 26.3 Å². The monoisotopic (exact) mass is 699 g/mol. The highest BCUT2D eigenvalue weighted by Gasteiger charge is 2.36. The van der Waals surface area contributed by atoms with Crippen molar-refractivity contribution in [2.75, 3.05) is 10.8 Å². The van der Waals surface area contributed by atoms with E-state index in [2.05, 4.69) is 5.32 Å². The van der Waals surface area contributed by atoms with Crippen molar-refractivity contribution in [2.24, 2.45) is 0 Å². The number of carbonyl (C=O) groups excluding carboxylic acids is 2. The van der Waals surface area contributed by atoms with E-state index in [0.717, 1.165) is 15.4 Å². The number of rotatable bonds is 11. The van der Waals surface area contributed by atoms with Gasteiger partial charge in [-0.15, -0.1) is 0 Å². The number of benzene rings is 4. The third-order valence-electron chi connectivity index (χ3n) is 7.10. The molecule has 1 N–H and O–H groups in total. The van der Waals surface area contributed by atoms with Gasteiger partial charge in [-0.3, -0.25) is 13.9 Å². The van der Waals surface area contributed by atoms with Crippen molar-refractivity contribution >= 4 is 62.3 Å². The molecular formula is C35H36Cl3N3O4S. The average Bonchev–Trinajstić information content (AvgIpc) is 2.98. The van der Waals surface area contributed by atoms with Crippen LogP contribution in [-0.2, 0) is 32.6 Å². The largest absolute Gasteiger partial charge is 0.350 e. The molecule has 0 aliphatic rings. The maximum atomic E-state index is 14.6. The van der Waals surface area contributed by atoms with Crippen LogP contribution in [0.3, 0.4) is 0 Å². The van der Waals surface area contributed by atoms with E-state index in [9.17, 15) is 18.0 Å². The van der Waals surface area contributed by atoms with E-state index in [-0.39, 0.29) is 17.9 Å². The smallest absolute Gasteiger partial charge is 0.264 e. The molecule has 0 bridgehead atoms. The maximum absolute atomic E-state index is 14.6. The molecule has 0 saturated heterocycles. The Morgan fingerprint density at radius 1 is 0.826 bits per heavy atom. The Morgan fingerprint density at radius 2 is 1.48 bits per heavy atom. The van der Waals surface area contributed by atoms with Gasteiger partial charge in [-0.25, -0.2) is 8.42 Å². The van der Waals surface area contributed by atoms with Crippen LogP contribution >= 0.6 is 34.8 Å². The van der Waals surface area contributed by atoms with Crippen LogP contribution < -0.4 is 9.62 Å². The molecule has 46 heavy (non-hydrogen) atoms. The van der Waals surface area contributed by atoms with Crippen molar-refractivity contribution in [2.45, 2.75) is 57.1 Å². The van der Waals surface area contributed by atoms with Crippen LogP contribution in [0.2, 0.25) is 15.1 Å². The van der Waals surface area contributed by atoms with Gasteiger partial charge in [0.1, 0.15) is 12.6 Å². The number of hydrogen-bond acceptors (Lipinski definition) is 4. The standard InChI is InChI=1S/C35H36Cl3N3O4S/c1-24-9-8-12-29(19-24)41(46(44,45)30-17-15-27(36)16-18-30)23-33(42)40(22-26-13-14-28(37)21-31(26)38)32(34(43)39-35(2,3)4)20-25-10-6-5-7-11-25/h5-19,21,32H,20,22-23H2,1-4H3,(H,39,43). The fraction of sp³-hybridized carbons (Fsp3) is 0.257. The molecule has 0 saturated carbocycles. The third kappa shape index (κ3) is 9.26. The molecule has 0 radical (unpaired) electrons. The molecule has 11 heteroatoms. The Balaban J connectivity index is 1.84. The van der Waals surface area contributed by atoms with E-state index >= 15 is 0 Å². The average molecular weight is 701 g/mol. The summed E-state index contributed by atoms with van der Waals surface area (Å²) >= 11 is 18.8.